The summed E-state index contributed by atoms with van der Waals surface area (Å²) in [5.74, 6) is 0.972. The van der Waals surface area contributed by atoms with Crippen LogP contribution < -0.4 is 19.5 Å². The van der Waals surface area contributed by atoms with E-state index in [9.17, 15) is 9.59 Å². The van der Waals surface area contributed by atoms with Crippen LogP contribution in [-0.2, 0) is 27.5 Å². The van der Waals surface area contributed by atoms with Gasteiger partial charge in [-0.2, -0.15) is 0 Å². The summed E-state index contributed by atoms with van der Waals surface area (Å²) in [5.41, 5.74) is 4.91. The molecule has 1 aromatic heterocycles. The van der Waals surface area contributed by atoms with E-state index in [2.05, 4.69) is 54.7 Å². The number of benzene rings is 3. The molecule has 67 heavy (non-hydrogen) atoms. The number of aromatic nitrogens is 1. The number of fused-ring (bicyclic) bond motifs is 1. The molecule has 0 amide bonds. The first-order valence-corrected chi connectivity index (χ1v) is 22.3. The second kappa shape index (κ2) is 36.7. The van der Waals surface area contributed by atoms with Crippen LogP contribution in [0.15, 0.2) is 206 Å². The molecular formula is C57H70N2O8. The van der Waals surface area contributed by atoms with Gasteiger partial charge in [0.25, 0.3) is 0 Å². The molecule has 1 atom stereocenters. The Bertz CT molecular complexity index is 2300. The number of ether oxygens (including phenoxy) is 4. The van der Waals surface area contributed by atoms with Gasteiger partial charge in [0.15, 0.2) is 6.61 Å². The molecule has 3 N–H and O–H groups in total. The van der Waals surface area contributed by atoms with E-state index in [1.807, 2.05) is 156 Å². The number of allylic oxidation sites excluding steroid dienone is 14. The van der Waals surface area contributed by atoms with Crippen molar-refractivity contribution in [2.45, 2.75) is 80.6 Å². The molecule has 1 unspecified atom stereocenters. The second-order valence-corrected chi connectivity index (χ2v) is 13.8. The molecule has 4 rings (SSSR count). The number of nitrogens with zero attached hydrogens (tertiary/aromatic N) is 1. The van der Waals surface area contributed by atoms with Gasteiger partial charge in [-0.3, -0.25) is 4.79 Å². The van der Waals surface area contributed by atoms with Gasteiger partial charge < -0.3 is 34.5 Å². The van der Waals surface area contributed by atoms with Gasteiger partial charge >= 0.3 is 11.9 Å². The molecule has 0 aliphatic carbocycles. The van der Waals surface area contributed by atoms with Gasteiger partial charge in [0.1, 0.15) is 42.8 Å². The normalized spacial score (nSPS) is 12.1. The second-order valence-electron chi connectivity index (χ2n) is 13.8. The lowest BCUT2D eigenvalue weighted by Gasteiger charge is -2.19. The zero-order valence-electron chi connectivity index (χ0n) is 40.3. The third-order valence-corrected chi connectivity index (χ3v) is 8.60. The lowest BCUT2D eigenvalue weighted by molar-refractivity contribution is -0.139. The Morgan fingerprint density at radius 2 is 1.37 bits per heavy atom. The largest absolute Gasteiger partial charge is 0.491 e. The van der Waals surface area contributed by atoms with Crippen LogP contribution in [0.5, 0.6) is 17.2 Å². The van der Waals surface area contributed by atoms with Gasteiger partial charge in [-0.25, -0.2) is 9.78 Å². The lowest BCUT2D eigenvalue weighted by Crippen LogP contribution is -2.31. The van der Waals surface area contributed by atoms with Gasteiger partial charge in [0, 0.05) is 11.1 Å². The highest BCUT2D eigenvalue weighted by Gasteiger charge is 2.08. The van der Waals surface area contributed by atoms with Crippen LogP contribution in [0.25, 0.3) is 10.9 Å². The molecule has 0 aliphatic rings. The molecule has 0 saturated carbocycles. The minimum atomic E-state index is -1.01. The molecule has 0 fully saturated rings. The molecule has 0 saturated heterocycles. The van der Waals surface area contributed by atoms with Crippen LogP contribution in [0.2, 0.25) is 0 Å². The maximum atomic E-state index is 10.5. The van der Waals surface area contributed by atoms with Gasteiger partial charge in [-0.15, -0.1) is 0 Å². The van der Waals surface area contributed by atoms with Crippen molar-refractivity contribution in [3.8, 4) is 17.2 Å². The smallest absolute Gasteiger partial charge is 0.341 e. The van der Waals surface area contributed by atoms with Crippen LogP contribution in [0.3, 0.4) is 0 Å². The molecule has 0 bridgehead atoms. The van der Waals surface area contributed by atoms with Crippen LogP contribution in [0, 0.1) is 0 Å². The van der Waals surface area contributed by atoms with E-state index in [1.165, 1.54) is 0 Å². The Morgan fingerprint density at radius 1 is 0.716 bits per heavy atom. The van der Waals surface area contributed by atoms with Crippen molar-refractivity contribution in [2.24, 2.45) is 0 Å². The third-order valence-electron chi connectivity index (χ3n) is 8.60. The summed E-state index contributed by atoms with van der Waals surface area (Å²) in [5, 5.41) is 21.2. The first-order chi connectivity index (χ1) is 32.5. The fourth-order valence-corrected chi connectivity index (χ4v) is 5.43. The summed E-state index contributed by atoms with van der Waals surface area (Å²) in [6.07, 6.45) is 30.1. The van der Waals surface area contributed by atoms with E-state index in [1.54, 1.807) is 37.3 Å². The Morgan fingerprint density at radius 3 is 1.96 bits per heavy atom. The van der Waals surface area contributed by atoms with Crippen LogP contribution >= 0.6 is 0 Å². The Hall–Kier alpha value is -7.59. The van der Waals surface area contributed by atoms with Crippen molar-refractivity contribution in [3.63, 3.8) is 0 Å². The van der Waals surface area contributed by atoms with Crippen molar-refractivity contribution in [1.82, 2.24) is 10.3 Å². The van der Waals surface area contributed by atoms with Crippen molar-refractivity contribution >= 4 is 22.8 Å². The molecule has 356 valence electrons. The number of carboxylic acids is 2. The molecule has 0 spiro atoms. The highest BCUT2D eigenvalue weighted by molar-refractivity contribution is 5.78. The highest BCUT2D eigenvalue weighted by atomic mass is 16.5. The van der Waals surface area contributed by atoms with Crippen molar-refractivity contribution in [1.29, 1.82) is 0 Å². The zero-order valence-corrected chi connectivity index (χ0v) is 40.3. The summed E-state index contributed by atoms with van der Waals surface area (Å²) < 4.78 is 22.7. The predicted octanol–water partition coefficient (Wildman–Crippen LogP) is 13.6. The number of nitrogens with one attached hydrogen (secondary N) is 1. The standard InChI is InChI=1S/C25H21NO5.C25H35NO.C5H8O2.C2H6/c27-25(28)17-31-21-9-5-18(6-10-21)15-29-22-11-13-23(14-12-22)30-16-20-8-7-19-3-1-2-4-24(19)26-20;1-7-12-13-14-15-16-20-24(19-10-4)27-21-23(18-9-3)26-25(11-5)22(6)17-8-2;1-2-3-4-5(6)7;1-2/h1-14H,15-17H2,(H,27,28);7-14,16-20,23,26H,4-5,15,21H2,1-3,6H3;2-3H,4H2,1H3,(H,6,7);1-2H3/b;12-7+,14-13+,17-8-,18-9-,20-16-,24-19+,25-22+;3-2+;. The molecular weight excluding hydrogens is 841 g/mol. The van der Waals surface area contributed by atoms with Gasteiger partial charge in [-0.1, -0.05) is 136 Å². The van der Waals surface area contributed by atoms with E-state index in [0.29, 0.717) is 25.6 Å². The fraction of sp³-hybridized carbons (Fsp3) is 0.246. The van der Waals surface area contributed by atoms with E-state index >= 15 is 0 Å². The number of hydrogen-bond donors (Lipinski definition) is 3. The Kier molecular flexibility index (Phi) is 31.5. The number of carboxylic acid groups (broad SMARTS) is 2. The van der Waals surface area contributed by atoms with Crippen molar-refractivity contribution in [2.75, 3.05) is 13.2 Å². The maximum absolute atomic E-state index is 10.5. The quantitative estimate of drug-likeness (QED) is 0.0354. The molecule has 3 aromatic carbocycles. The number of carbonyl (C=O) groups is 2. The fourth-order valence-electron chi connectivity index (χ4n) is 5.43. The molecule has 0 aliphatic heterocycles. The maximum Gasteiger partial charge on any atom is 0.341 e. The van der Waals surface area contributed by atoms with Gasteiger partial charge in [0.2, 0.25) is 0 Å². The first-order valence-electron chi connectivity index (χ1n) is 22.3. The van der Waals surface area contributed by atoms with Crippen molar-refractivity contribution < 1.29 is 38.7 Å². The monoisotopic (exact) mass is 911 g/mol. The van der Waals surface area contributed by atoms with Gasteiger partial charge in [-0.05, 0) is 119 Å². The number of para-hydroxylation sites is 1. The molecule has 10 nitrogen and oxygen atoms in total. The summed E-state index contributed by atoms with van der Waals surface area (Å²) in [6.45, 7) is 22.5. The minimum Gasteiger partial charge on any atom is -0.491 e. The molecule has 10 heteroatoms. The van der Waals surface area contributed by atoms with E-state index in [-0.39, 0.29) is 19.1 Å². The zero-order chi connectivity index (χ0) is 49.5. The SMILES string of the molecule is C/C=C/CC(=O)O.C=C/C=C(\C=C/C/C=C/C=C/C)OCC(/C=C\C)N/C(C=C)=C(C)/C=C\C.CC.O=C(O)COc1ccc(COc2ccc(OCc3ccc4ccccc4n3)cc2)cc1. The first kappa shape index (κ1) is 57.4. The van der Waals surface area contributed by atoms with Crippen LogP contribution in [0.1, 0.15) is 72.6 Å². The Labute approximate surface area is 399 Å². The van der Waals surface area contributed by atoms with E-state index < -0.39 is 11.9 Å². The third kappa shape index (κ3) is 26.7. The topological polar surface area (TPSA) is 136 Å². The van der Waals surface area contributed by atoms with Crippen molar-refractivity contribution in [3.05, 3.63) is 218 Å². The average molecular weight is 911 g/mol. The number of aliphatic carboxylic acids is 2. The number of pyridine rings is 1. The predicted molar refractivity (Wildman–Crippen MR) is 276 cm³/mol. The summed E-state index contributed by atoms with van der Waals surface area (Å²) in [4.78, 5) is 24.8. The average Bonchev–Trinajstić information content (AvgIpc) is 3.34. The molecule has 1 heterocycles. The van der Waals surface area contributed by atoms with Gasteiger partial charge in [0.05, 0.1) is 23.7 Å². The summed E-state index contributed by atoms with van der Waals surface area (Å²) >= 11 is 0. The molecule has 0 radical (unpaired) electrons. The van der Waals surface area contributed by atoms with Crippen LogP contribution in [0.4, 0.5) is 0 Å². The number of rotatable bonds is 24. The summed E-state index contributed by atoms with van der Waals surface area (Å²) in [7, 11) is 0. The molecule has 4 aromatic rings. The van der Waals surface area contributed by atoms with E-state index in [0.717, 1.165) is 57.1 Å². The Balaban J connectivity index is 0.000000573. The minimum absolute atomic E-state index is 0.0411. The lowest BCUT2D eigenvalue weighted by atomic mass is 10.1. The van der Waals surface area contributed by atoms with Crippen LogP contribution in [-0.4, -0.2) is 46.4 Å². The van der Waals surface area contributed by atoms with E-state index in [4.69, 9.17) is 29.2 Å². The highest BCUT2D eigenvalue weighted by Crippen LogP contribution is 2.21. The number of hydrogen-bond acceptors (Lipinski definition) is 8. The summed E-state index contributed by atoms with van der Waals surface area (Å²) in [6, 6.07) is 26.6.